The van der Waals surface area contributed by atoms with Crippen molar-refractivity contribution in [2.45, 2.75) is 17.1 Å². The summed E-state index contributed by atoms with van der Waals surface area (Å²) in [4.78, 5) is 0. The maximum Gasteiger partial charge on any atom is 0.196 e. The van der Waals surface area contributed by atoms with E-state index in [4.69, 9.17) is 34.8 Å². The molecule has 0 nitrogen and oxygen atoms in total. The third-order valence-corrected chi connectivity index (χ3v) is 2.56. The monoisotopic (exact) mass is 198 g/mol. The van der Waals surface area contributed by atoms with E-state index in [1.807, 2.05) is 6.08 Å². The molecule has 0 amide bonds. The lowest BCUT2D eigenvalue weighted by Crippen LogP contribution is -2.15. The first-order valence-electron chi connectivity index (χ1n) is 3.25. The summed E-state index contributed by atoms with van der Waals surface area (Å²) in [6.07, 6.45) is 5.03. The molecule has 1 aliphatic carbocycles. The molecule has 0 radical (unpaired) electrons. The van der Waals surface area contributed by atoms with Crippen molar-refractivity contribution in [1.29, 1.82) is 0 Å². The van der Waals surface area contributed by atoms with Crippen LogP contribution in [0.3, 0.4) is 0 Å². The highest BCUT2D eigenvalue weighted by molar-refractivity contribution is 6.67. The second-order valence-corrected chi connectivity index (χ2v) is 5.11. The van der Waals surface area contributed by atoms with E-state index in [1.165, 1.54) is 0 Å². The van der Waals surface area contributed by atoms with Crippen LogP contribution in [0, 0.1) is 11.8 Å². The van der Waals surface area contributed by atoms with E-state index in [1.54, 1.807) is 0 Å². The lowest BCUT2D eigenvalue weighted by Gasteiger charge is -2.17. The largest absolute Gasteiger partial charge is 0.196 e. The minimum atomic E-state index is -1.11. The topological polar surface area (TPSA) is 0 Å². The van der Waals surface area contributed by atoms with Crippen LogP contribution >= 0.6 is 34.8 Å². The number of allylic oxidation sites excluding steroid dienone is 2. The Morgan fingerprint density at radius 1 is 1.30 bits per heavy atom. The Bertz CT molecular complexity index is 145. The summed E-state index contributed by atoms with van der Waals surface area (Å²) in [5.41, 5.74) is 0. The van der Waals surface area contributed by atoms with Crippen molar-refractivity contribution in [2.24, 2.45) is 11.8 Å². The van der Waals surface area contributed by atoms with Crippen LogP contribution in [0.4, 0.5) is 0 Å². The fraction of sp³-hybridized carbons (Fsp3) is 0.714. The number of hydrogen-bond donors (Lipinski definition) is 0. The summed E-state index contributed by atoms with van der Waals surface area (Å²) in [7, 11) is 0. The Labute approximate surface area is 76.1 Å². The molecule has 0 heterocycles. The Hall–Kier alpha value is 0.610. The van der Waals surface area contributed by atoms with E-state index in [9.17, 15) is 0 Å². The average molecular weight is 200 g/mol. The number of halogens is 3. The van der Waals surface area contributed by atoms with Crippen LogP contribution in [0.2, 0.25) is 0 Å². The average Bonchev–Trinajstić information content (AvgIpc) is 2.11. The summed E-state index contributed by atoms with van der Waals surface area (Å²) in [5, 5.41) is 0. The third kappa shape index (κ3) is 2.05. The van der Waals surface area contributed by atoms with Gasteiger partial charge in [-0.1, -0.05) is 53.9 Å². The van der Waals surface area contributed by atoms with Gasteiger partial charge in [0, 0.05) is 5.92 Å². The number of hydrogen-bond acceptors (Lipinski definition) is 0. The van der Waals surface area contributed by atoms with Gasteiger partial charge in [-0.3, -0.25) is 0 Å². The van der Waals surface area contributed by atoms with Crippen molar-refractivity contribution in [1.82, 2.24) is 0 Å². The second-order valence-electron chi connectivity index (χ2n) is 2.75. The van der Waals surface area contributed by atoms with Crippen LogP contribution < -0.4 is 0 Å². The van der Waals surface area contributed by atoms with Gasteiger partial charge >= 0.3 is 0 Å². The highest BCUT2D eigenvalue weighted by atomic mass is 35.6. The first-order valence-corrected chi connectivity index (χ1v) is 4.38. The maximum absolute atomic E-state index is 5.68. The van der Waals surface area contributed by atoms with Crippen molar-refractivity contribution in [3.05, 3.63) is 12.2 Å². The molecule has 0 unspecified atom stereocenters. The van der Waals surface area contributed by atoms with Gasteiger partial charge in [-0.25, -0.2) is 0 Å². The van der Waals surface area contributed by atoms with Gasteiger partial charge in [-0.05, 0) is 12.3 Å². The Morgan fingerprint density at radius 2 is 1.90 bits per heavy atom. The Kier molecular flexibility index (Phi) is 2.54. The SMILES string of the molecule is C[C@H]1C=C[C@H](C(Cl)(Cl)Cl)C1. The molecular weight excluding hydrogens is 190 g/mol. The van der Waals surface area contributed by atoms with E-state index in [2.05, 4.69) is 13.0 Å². The minimum Gasteiger partial charge on any atom is -0.0852 e. The van der Waals surface area contributed by atoms with E-state index in [-0.39, 0.29) is 5.92 Å². The highest BCUT2D eigenvalue weighted by Gasteiger charge is 2.33. The number of alkyl halides is 3. The molecule has 1 aliphatic rings. The number of rotatable bonds is 0. The lowest BCUT2D eigenvalue weighted by molar-refractivity contribution is 0.560. The smallest absolute Gasteiger partial charge is 0.0852 e. The molecule has 58 valence electrons. The molecular formula is C7H9Cl3. The van der Waals surface area contributed by atoms with Gasteiger partial charge in [0.1, 0.15) is 0 Å². The highest BCUT2D eigenvalue weighted by Crippen LogP contribution is 2.42. The minimum absolute atomic E-state index is 0.104. The molecule has 2 atom stereocenters. The van der Waals surface area contributed by atoms with Gasteiger partial charge in [-0.15, -0.1) is 0 Å². The van der Waals surface area contributed by atoms with E-state index < -0.39 is 3.79 Å². The van der Waals surface area contributed by atoms with Crippen molar-refractivity contribution >= 4 is 34.8 Å². The van der Waals surface area contributed by atoms with Crippen molar-refractivity contribution in [2.75, 3.05) is 0 Å². The molecule has 0 saturated carbocycles. The molecule has 0 aliphatic heterocycles. The second kappa shape index (κ2) is 2.92. The molecule has 0 aromatic carbocycles. The van der Waals surface area contributed by atoms with Crippen LogP contribution in [-0.2, 0) is 0 Å². The zero-order valence-electron chi connectivity index (χ0n) is 5.65. The maximum atomic E-state index is 5.68. The lowest BCUT2D eigenvalue weighted by atomic mass is 10.1. The standard InChI is InChI=1S/C7H9Cl3/c1-5-2-3-6(4-5)7(8,9)10/h2-3,5-6H,4H2,1H3/t5-,6-/m0/s1. The Morgan fingerprint density at radius 3 is 2.10 bits per heavy atom. The summed E-state index contributed by atoms with van der Waals surface area (Å²) < 4.78 is -1.11. The molecule has 0 N–H and O–H groups in total. The summed E-state index contributed by atoms with van der Waals surface area (Å²) in [6, 6.07) is 0. The molecule has 0 saturated heterocycles. The van der Waals surface area contributed by atoms with Crippen molar-refractivity contribution < 1.29 is 0 Å². The quantitative estimate of drug-likeness (QED) is 0.413. The molecule has 0 fully saturated rings. The van der Waals surface area contributed by atoms with Crippen molar-refractivity contribution in [3.63, 3.8) is 0 Å². The molecule has 0 bridgehead atoms. The molecule has 0 spiro atoms. The van der Waals surface area contributed by atoms with Crippen molar-refractivity contribution in [3.8, 4) is 0 Å². The first kappa shape index (κ1) is 8.70. The third-order valence-electron chi connectivity index (χ3n) is 1.72. The van der Waals surface area contributed by atoms with Crippen LogP contribution in [0.1, 0.15) is 13.3 Å². The molecule has 0 aromatic heterocycles. The van der Waals surface area contributed by atoms with E-state index in [0.717, 1.165) is 6.42 Å². The van der Waals surface area contributed by atoms with Crippen LogP contribution in [0.5, 0.6) is 0 Å². The van der Waals surface area contributed by atoms with Crippen LogP contribution in [0.25, 0.3) is 0 Å². The predicted octanol–water partition coefficient (Wildman–Crippen LogP) is 3.57. The van der Waals surface area contributed by atoms with E-state index in [0.29, 0.717) is 5.92 Å². The van der Waals surface area contributed by atoms with Gasteiger partial charge in [0.2, 0.25) is 0 Å². The summed E-state index contributed by atoms with van der Waals surface area (Å²) in [5.74, 6) is 0.660. The molecule has 0 aromatic rings. The predicted molar refractivity (Wildman–Crippen MR) is 46.7 cm³/mol. The van der Waals surface area contributed by atoms with Gasteiger partial charge in [0.05, 0.1) is 0 Å². The van der Waals surface area contributed by atoms with Gasteiger partial charge < -0.3 is 0 Å². The zero-order chi connectivity index (χ0) is 7.78. The first-order chi connectivity index (χ1) is 4.50. The van der Waals surface area contributed by atoms with Crippen LogP contribution in [0.15, 0.2) is 12.2 Å². The molecule has 10 heavy (non-hydrogen) atoms. The zero-order valence-corrected chi connectivity index (χ0v) is 7.92. The fourth-order valence-corrected chi connectivity index (χ4v) is 1.61. The Balaban J connectivity index is 2.55. The van der Waals surface area contributed by atoms with Gasteiger partial charge in [-0.2, -0.15) is 0 Å². The summed E-state index contributed by atoms with van der Waals surface area (Å²) in [6.45, 7) is 2.12. The normalized spacial score (nSPS) is 33.2. The summed E-state index contributed by atoms with van der Waals surface area (Å²) >= 11 is 17.1. The van der Waals surface area contributed by atoms with Gasteiger partial charge in [0.25, 0.3) is 0 Å². The van der Waals surface area contributed by atoms with Crippen LogP contribution in [-0.4, -0.2) is 3.79 Å². The van der Waals surface area contributed by atoms with E-state index >= 15 is 0 Å². The molecule has 1 rings (SSSR count). The fourth-order valence-electron chi connectivity index (χ4n) is 1.12. The molecule has 3 heteroatoms. The van der Waals surface area contributed by atoms with Gasteiger partial charge in [0.15, 0.2) is 3.79 Å².